The van der Waals surface area contributed by atoms with Gasteiger partial charge in [-0.25, -0.2) is 4.79 Å². The Morgan fingerprint density at radius 1 is 0.857 bits per heavy atom. The molecule has 2 rings (SSSR count). The number of benzene rings is 2. The Bertz CT molecular complexity index is 666. The standard InChI is InChI=1S/C16H14N2O2S/c1-11-7-9-12(10-8-11)14(19)17-16(20)18-15(21)13-5-3-2-4-6-13/h2-10H,1H3,(H2,17,18,19,20,21). The lowest BCUT2D eigenvalue weighted by atomic mass is 10.1. The summed E-state index contributed by atoms with van der Waals surface area (Å²) in [6.07, 6.45) is 0. The van der Waals surface area contributed by atoms with Crippen LogP contribution in [-0.4, -0.2) is 16.9 Å². The van der Waals surface area contributed by atoms with Crippen molar-refractivity contribution < 1.29 is 9.59 Å². The number of aryl methyl sites for hydroxylation is 1. The summed E-state index contributed by atoms with van der Waals surface area (Å²) in [4.78, 5) is 23.9. The van der Waals surface area contributed by atoms with E-state index in [4.69, 9.17) is 12.2 Å². The molecule has 0 heterocycles. The highest BCUT2D eigenvalue weighted by Gasteiger charge is 2.11. The first-order valence-electron chi connectivity index (χ1n) is 6.34. The minimum absolute atomic E-state index is 0.268. The van der Waals surface area contributed by atoms with Gasteiger partial charge in [0.05, 0.1) is 0 Å². The Kier molecular flexibility index (Phi) is 4.79. The molecule has 0 aliphatic carbocycles. The van der Waals surface area contributed by atoms with Crippen LogP contribution in [-0.2, 0) is 0 Å². The fourth-order valence-electron chi connectivity index (χ4n) is 1.68. The Labute approximate surface area is 128 Å². The lowest BCUT2D eigenvalue weighted by Crippen LogP contribution is -2.42. The molecule has 0 spiro atoms. The third-order valence-electron chi connectivity index (χ3n) is 2.80. The van der Waals surface area contributed by atoms with E-state index in [9.17, 15) is 9.59 Å². The normalized spacial score (nSPS) is 9.76. The van der Waals surface area contributed by atoms with E-state index in [1.807, 2.05) is 25.1 Å². The smallest absolute Gasteiger partial charge is 0.298 e. The minimum Gasteiger partial charge on any atom is -0.298 e. The molecule has 2 N–H and O–H groups in total. The number of rotatable bonds is 2. The lowest BCUT2D eigenvalue weighted by molar-refractivity contribution is 0.0965. The summed E-state index contributed by atoms with van der Waals surface area (Å²) in [5, 5.41) is 4.71. The van der Waals surface area contributed by atoms with E-state index in [-0.39, 0.29) is 4.99 Å². The van der Waals surface area contributed by atoms with Crippen LogP contribution in [0.25, 0.3) is 0 Å². The predicted octanol–water partition coefficient (Wildman–Crippen LogP) is 2.81. The second kappa shape index (κ2) is 6.76. The van der Waals surface area contributed by atoms with Crippen molar-refractivity contribution in [2.45, 2.75) is 6.92 Å². The molecule has 0 aliphatic rings. The third kappa shape index (κ3) is 4.22. The minimum atomic E-state index is -0.644. The molecule has 2 aromatic carbocycles. The molecule has 0 aromatic heterocycles. The van der Waals surface area contributed by atoms with E-state index in [0.29, 0.717) is 11.1 Å². The van der Waals surface area contributed by atoms with Gasteiger partial charge in [-0.15, -0.1) is 0 Å². The van der Waals surface area contributed by atoms with E-state index in [1.165, 1.54) is 0 Å². The molecule has 0 bridgehead atoms. The molecule has 4 nitrogen and oxygen atoms in total. The molecule has 3 amide bonds. The zero-order valence-corrected chi connectivity index (χ0v) is 12.2. The molecule has 106 valence electrons. The van der Waals surface area contributed by atoms with Gasteiger partial charge in [-0.1, -0.05) is 60.2 Å². The molecule has 21 heavy (non-hydrogen) atoms. The van der Waals surface area contributed by atoms with Crippen molar-refractivity contribution >= 4 is 29.1 Å². The first-order chi connectivity index (χ1) is 10.1. The average molecular weight is 298 g/mol. The average Bonchev–Trinajstić information content (AvgIpc) is 2.48. The van der Waals surface area contributed by atoms with Crippen molar-refractivity contribution in [2.24, 2.45) is 0 Å². The predicted molar refractivity (Wildman–Crippen MR) is 85.3 cm³/mol. The first kappa shape index (κ1) is 14.9. The van der Waals surface area contributed by atoms with Crippen LogP contribution in [0.5, 0.6) is 0 Å². The van der Waals surface area contributed by atoms with E-state index in [2.05, 4.69) is 10.6 Å². The number of imide groups is 1. The summed E-state index contributed by atoms with van der Waals surface area (Å²) < 4.78 is 0. The number of carbonyl (C=O) groups excluding carboxylic acids is 2. The van der Waals surface area contributed by atoms with Crippen LogP contribution in [0.1, 0.15) is 21.5 Å². The number of amides is 3. The molecule has 0 fully saturated rings. The molecule has 5 heteroatoms. The summed E-state index contributed by atoms with van der Waals surface area (Å²) in [6, 6.07) is 15.3. The van der Waals surface area contributed by atoms with Crippen LogP contribution < -0.4 is 10.6 Å². The quantitative estimate of drug-likeness (QED) is 0.838. The molecule has 0 atom stereocenters. The molecule has 0 radical (unpaired) electrons. The van der Waals surface area contributed by atoms with Gasteiger partial charge in [0, 0.05) is 11.1 Å². The van der Waals surface area contributed by atoms with Crippen LogP contribution >= 0.6 is 12.2 Å². The van der Waals surface area contributed by atoms with Gasteiger partial charge in [0.15, 0.2) is 0 Å². The zero-order chi connectivity index (χ0) is 15.2. The van der Waals surface area contributed by atoms with Crippen LogP contribution in [0.15, 0.2) is 54.6 Å². The summed E-state index contributed by atoms with van der Waals surface area (Å²) in [7, 11) is 0. The second-order valence-corrected chi connectivity index (χ2v) is 4.88. The van der Waals surface area contributed by atoms with Crippen molar-refractivity contribution in [2.75, 3.05) is 0 Å². The van der Waals surface area contributed by atoms with Crippen LogP contribution in [0.2, 0.25) is 0 Å². The number of hydrogen-bond acceptors (Lipinski definition) is 3. The van der Waals surface area contributed by atoms with Crippen molar-refractivity contribution in [3.63, 3.8) is 0 Å². The van der Waals surface area contributed by atoms with Gasteiger partial charge in [-0.05, 0) is 19.1 Å². The topological polar surface area (TPSA) is 58.2 Å². The van der Waals surface area contributed by atoms with Crippen molar-refractivity contribution in [1.29, 1.82) is 0 Å². The Morgan fingerprint density at radius 2 is 1.48 bits per heavy atom. The Balaban J connectivity index is 1.94. The Morgan fingerprint density at radius 3 is 2.10 bits per heavy atom. The molecule has 0 saturated heterocycles. The molecule has 0 unspecified atom stereocenters. The van der Waals surface area contributed by atoms with E-state index in [1.54, 1.807) is 36.4 Å². The van der Waals surface area contributed by atoms with Crippen molar-refractivity contribution in [3.8, 4) is 0 Å². The first-order valence-corrected chi connectivity index (χ1v) is 6.75. The van der Waals surface area contributed by atoms with E-state index in [0.717, 1.165) is 5.56 Å². The molecule has 0 saturated carbocycles. The summed E-state index contributed by atoms with van der Waals surface area (Å²) >= 11 is 5.10. The van der Waals surface area contributed by atoms with Crippen LogP contribution in [0, 0.1) is 6.92 Å². The maximum Gasteiger partial charge on any atom is 0.326 e. The number of carbonyl (C=O) groups is 2. The highest BCUT2D eigenvalue weighted by atomic mass is 32.1. The Hall–Kier alpha value is -2.53. The van der Waals surface area contributed by atoms with Gasteiger partial charge in [-0.3, -0.25) is 15.4 Å². The summed E-state index contributed by atoms with van der Waals surface area (Å²) in [5.41, 5.74) is 2.17. The maximum atomic E-state index is 11.9. The van der Waals surface area contributed by atoms with Gasteiger partial charge in [0.2, 0.25) is 0 Å². The maximum absolute atomic E-state index is 11.9. The van der Waals surface area contributed by atoms with E-state index < -0.39 is 11.9 Å². The SMILES string of the molecule is Cc1ccc(C(=O)NC(=O)NC(=S)c2ccccc2)cc1. The van der Waals surface area contributed by atoms with Gasteiger partial charge >= 0.3 is 6.03 Å². The van der Waals surface area contributed by atoms with Crippen molar-refractivity contribution in [3.05, 3.63) is 71.3 Å². The highest BCUT2D eigenvalue weighted by Crippen LogP contribution is 2.03. The second-order valence-electron chi connectivity index (χ2n) is 4.47. The van der Waals surface area contributed by atoms with Crippen molar-refractivity contribution in [1.82, 2.24) is 10.6 Å². The van der Waals surface area contributed by atoms with Gasteiger partial charge < -0.3 is 0 Å². The fraction of sp³-hybridized carbons (Fsp3) is 0.0625. The fourth-order valence-corrected chi connectivity index (χ4v) is 1.91. The number of hydrogen-bond donors (Lipinski definition) is 2. The van der Waals surface area contributed by atoms with Gasteiger partial charge in [0.1, 0.15) is 4.99 Å². The number of urea groups is 1. The van der Waals surface area contributed by atoms with Gasteiger partial charge in [0.25, 0.3) is 5.91 Å². The molecular formula is C16H14N2O2S. The molecule has 2 aromatic rings. The largest absolute Gasteiger partial charge is 0.326 e. The monoisotopic (exact) mass is 298 g/mol. The van der Waals surface area contributed by atoms with Crippen LogP contribution in [0.4, 0.5) is 4.79 Å². The number of thiocarbonyl (C=S) groups is 1. The summed E-state index contributed by atoms with van der Waals surface area (Å²) in [5.74, 6) is -0.469. The summed E-state index contributed by atoms with van der Waals surface area (Å²) in [6.45, 7) is 1.92. The lowest BCUT2D eigenvalue weighted by Gasteiger charge is -2.08. The number of nitrogens with one attached hydrogen (secondary N) is 2. The zero-order valence-electron chi connectivity index (χ0n) is 11.4. The third-order valence-corrected chi connectivity index (χ3v) is 3.14. The van der Waals surface area contributed by atoms with Crippen LogP contribution in [0.3, 0.4) is 0 Å². The highest BCUT2D eigenvalue weighted by molar-refractivity contribution is 7.80. The molecular weight excluding hydrogens is 284 g/mol. The van der Waals surface area contributed by atoms with E-state index >= 15 is 0 Å². The molecule has 0 aliphatic heterocycles. The van der Waals surface area contributed by atoms with Gasteiger partial charge in [-0.2, -0.15) is 0 Å².